The molecule has 74 valence electrons. The van der Waals surface area contributed by atoms with E-state index in [9.17, 15) is 0 Å². The molecule has 1 rings (SSSR count). The number of nitrogens with one attached hydrogen (secondary N) is 1. The zero-order valence-corrected chi connectivity index (χ0v) is 14.6. The summed E-state index contributed by atoms with van der Waals surface area (Å²) in [5.74, 6) is 0. The molecule has 1 aliphatic heterocycles. The van der Waals surface area contributed by atoms with E-state index in [1.807, 2.05) is 0 Å². The van der Waals surface area contributed by atoms with Gasteiger partial charge in [0.15, 0.2) is 0 Å². The minimum absolute atomic E-state index is 0. The fraction of sp³-hybridized carbons (Fsp3) is 0.833. The van der Waals surface area contributed by atoms with Crippen LogP contribution in [0.15, 0.2) is 0 Å². The molecule has 0 bridgehead atoms. The van der Waals surface area contributed by atoms with Crippen molar-refractivity contribution in [3.8, 4) is 0 Å². The molecule has 0 atom stereocenters. The number of thiocarbonyl (C=S) groups is 1. The van der Waals surface area contributed by atoms with Crippen LogP contribution in [0.1, 0.15) is 0 Å². The molecule has 6 heteroatoms. The Morgan fingerprint density at radius 2 is 1.83 bits per heavy atom. The SMILES string of the molecule is CN1CCNCC1.NC(=S)S.[BiH3]. The first kappa shape index (κ1) is 15.5. The van der Waals surface area contributed by atoms with Crippen LogP contribution in [0.2, 0.25) is 0 Å². The van der Waals surface area contributed by atoms with Crippen LogP contribution in [-0.4, -0.2) is 68.7 Å². The molecule has 0 saturated carbocycles. The number of likely N-dealkylation sites (N-methyl/N-ethyl adjacent to an activating group) is 1. The van der Waals surface area contributed by atoms with Crippen molar-refractivity contribution in [1.82, 2.24) is 10.2 Å². The first-order chi connectivity index (χ1) is 5.13. The van der Waals surface area contributed by atoms with Gasteiger partial charge >= 0.3 is 26.2 Å². The van der Waals surface area contributed by atoms with Crippen molar-refractivity contribution in [2.45, 2.75) is 0 Å². The molecule has 0 spiro atoms. The standard InChI is InChI=1S/C5H12N2.CH3NS2.Bi.3H/c1-7-4-2-6-3-5-7;2-1(3)4;;;;/h6H,2-5H2,1H3;(H3,2,3,4);;;;. The number of piperazine rings is 1. The molecule has 0 aromatic carbocycles. The first-order valence-electron chi connectivity index (χ1n) is 3.50. The second kappa shape index (κ2) is 10.1. The second-order valence-corrected chi connectivity index (χ2v) is 3.62. The van der Waals surface area contributed by atoms with Gasteiger partial charge in [0, 0.05) is 26.2 Å². The maximum absolute atomic E-state index is 4.71. The van der Waals surface area contributed by atoms with E-state index in [-0.39, 0.29) is 30.5 Å². The average molecular weight is 405 g/mol. The van der Waals surface area contributed by atoms with E-state index in [2.05, 4.69) is 42.1 Å². The van der Waals surface area contributed by atoms with E-state index in [0.717, 1.165) is 13.1 Å². The van der Waals surface area contributed by atoms with Crippen molar-refractivity contribution in [2.75, 3.05) is 33.2 Å². The fourth-order valence-corrected chi connectivity index (χ4v) is 0.777. The van der Waals surface area contributed by atoms with E-state index in [1.54, 1.807) is 0 Å². The monoisotopic (exact) mass is 405 g/mol. The number of rotatable bonds is 0. The van der Waals surface area contributed by atoms with Gasteiger partial charge in [-0.15, -0.1) is 12.6 Å². The maximum atomic E-state index is 4.71. The molecule has 1 aliphatic rings. The number of hydrogen-bond acceptors (Lipinski definition) is 3. The molecular weight excluding hydrogens is 387 g/mol. The van der Waals surface area contributed by atoms with E-state index in [4.69, 9.17) is 5.73 Å². The molecule has 1 saturated heterocycles. The van der Waals surface area contributed by atoms with Gasteiger partial charge in [-0.2, -0.15) is 0 Å². The molecule has 12 heavy (non-hydrogen) atoms. The summed E-state index contributed by atoms with van der Waals surface area (Å²) in [6.07, 6.45) is 0. The topological polar surface area (TPSA) is 41.3 Å². The summed E-state index contributed by atoms with van der Waals surface area (Å²) in [6.45, 7) is 4.74. The van der Waals surface area contributed by atoms with Gasteiger partial charge in [-0.05, 0) is 7.05 Å². The average Bonchev–Trinajstić information content (AvgIpc) is 1.87. The van der Waals surface area contributed by atoms with E-state index < -0.39 is 0 Å². The minimum atomic E-state index is 0. The Kier molecular flexibility index (Phi) is 13.1. The third-order valence-corrected chi connectivity index (χ3v) is 1.34. The zero-order valence-electron chi connectivity index (χ0n) is 7.42. The van der Waals surface area contributed by atoms with Crippen LogP contribution >= 0.6 is 24.8 Å². The normalized spacial score (nSPS) is 16.8. The van der Waals surface area contributed by atoms with Gasteiger partial charge in [0.25, 0.3) is 0 Å². The quantitative estimate of drug-likeness (QED) is 0.261. The Bertz CT molecular complexity index is 113. The number of hydrogen-bond donors (Lipinski definition) is 3. The van der Waals surface area contributed by atoms with Crippen LogP contribution in [0.3, 0.4) is 0 Å². The predicted molar refractivity (Wildman–Crippen MR) is 66.1 cm³/mol. The zero-order chi connectivity index (χ0) is 8.69. The van der Waals surface area contributed by atoms with Crippen molar-refractivity contribution in [2.24, 2.45) is 5.73 Å². The Morgan fingerprint density at radius 3 is 2.00 bits per heavy atom. The molecule has 0 amide bonds. The van der Waals surface area contributed by atoms with Crippen LogP contribution in [0.25, 0.3) is 0 Å². The van der Waals surface area contributed by atoms with Gasteiger partial charge < -0.3 is 16.0 Å². The molecule has 1 fully saturated rings. The third-order valence-electron chi connectivity index (χ3n) is 1.34. The number of nitrogens with two attached hydrogens (primary N) is 1. The molecule has 0 radical (unpaired) electrons. The van der Waals surface area contributed by atoms with Gasteiger partial charge in [-0.1, -0.05) is 12.2 Å². The van der Waals surface area contributed by atoms with Gasteiger partial charge in [-0.25, -0.2) is 0 Å². The van der Waals surface area contributed by atoms with Crippen LogP contribution in [-0.2, 0) is 0 Å². The molecular formula is C6H18BiN3S2. The molecule has 3 nitrogen and oxygen atoms in total. The Hall–Kier alpha value is 1.04. The van der Waals surface area contributed by atoms with E-state index >= 15 is 0 Å². The summed E-state index contributed by atoms with van der Waals surface area (Å²) in [7, 11) is 2.15. The molecule has 0 unspecified atom stereocenters. The summed E-state index contributed by atoms with van der Waals surface area (Å²) >= 11 is 7.65. The summed E-state index contributed by atoms with van der Waals surface area (Å²) in [5, 5.41) is 3.27. The molecule has 0 aliphatic carbocycles. The Morgan fingerprint density at radius 1 is 1.50 bits per heavy atom. The van der Waals surface area contributed by atoms with Crippen LogP contribution in [0.4, 0.5) is 0 Å². The summed E-state index contributed by atoms with van der Waals surface area (Å²) in [6, 6.07) is 0. The van der Waals surface area contributed by atoms with Crippen molar-refractivity contribution in [3.05, 3.63) is 0 Å². The predicted octanol–water partition coefficient (Wildman–Crippen LogP) is -1.50. The third kappa shape index (κ3) is 13.6. The number of thiol groups is 1. The molecule has 0 aromatic heterocycles. The molecule has 3 N–H and O–H groups in total. The van der Waals surface area contributed by atoms with Crippen molar-refractivity contribution in [1.29, 1.82) is 0 Å². The number of nitrogens with zero attached hydrogens (tertiary/aromatic N) is 1. The first-order valence-corrected chi connectivity index (χ1v) is 4.36. The van der Waals surface area contributed by atoms with E-state index in [0.29, 0.717) is 0 Å². The van der Waals surface area contributed by atoms with Gasteiger partial charge in [0.1, 0.15) is 4.32 Å². The Balaban J connectivity index is 0. The molecule has 1 heterocycles. The van der Waals surface area contributed by atoms with E-state index in [1.165, 1.54) is 13.1 Å². The van der Waals surface area contributed by atoms with Crippen molar-refractivity contribution >= 4 is 55.4 Å². The summed E-state index contributed by atoms with van der Waals surface area (Å²) in [4.78, 5) is 2.33. The van der Waals surface area contributed by atoms with Crippen LogP contribution in [0, 0.1) is 0 Å². The van der Waals surface area contributed by atoms with Crippen LogP contribution < -0.4 is 11.1 Å². The second-order valence-electron chi connectivity index (χ2n) is 2.39. The Labute approximate surface area is 104 Å². The van der Waals surface area contributed by atoms with Crippen molar-refractivity contribution in [3.63, 3.8) is 0 Å². The van der Waals surface area contributed by atoms with Crippen LogP contribution in [0.5, 0.6) is 0 Å². The van der Waals surface area contributed by atoms with Gasteiger partial charge in [0.2, 0.25) is 0 Å². The summed E-state index contributed by atoms with van der Waals surface area (Å²) in [5.41, 5.74) is 4.71. The van der Waals surface area contributed by atoms with Gasteiger partial charge in [-0.3, -0.25) is 0 Å². The fourth-order valence-electron chi connectivity index (χ4n) is 0.777. The van der Waals surface area contributed by atoms with Gasteiger partial charge in [0.05, 0.1) is 0 Å². The molecule has 0 aromatic rings. The van der Waals surface area contributed by atoms with Crippen molar-refractivity contribution < 1.29 is 0 Å². The summed E-state index contributed by atoms with van der Waals surface area (Å²) < 4.78 is 0.194.